The van der Waals surface area contributed by atoms with Crippen molar-refractivity contribution >= 4 is 0 Å². The molecule has 0 saturated carbocycles. The van der Waals surface area contributed by atoms with Gasteiger partial charge in [0.25, 0.3) is 0 Å². The quantitative estimate of drug-likeness (QED) is 0.368. The van der Waals surface area contributed by atoms with Gasteiger partial charge in [0.2, 0.25) is 6.79 Å². The highest BCUT2D eigenvalue weighted by Gasteiger charge is 2.17. The van der Waals surface area contributed by atoms with Crippen LogP contribution in [0.4, 0.5) is 4.39 Å². The summed E-state index contributed by atoms with van der Waals surface area (Å²) in [5.41, 5.74) is 3.35. The Labute approximate surface area is 189 Å². The van der Waals surface area contributed by atoms with E-state index in [4.69, 9.17) is 14.5 Å². The molecular formula is C26H32FN3O2. The Kier molecular flexibility index (Phi) is 7.43. The van der Waals surface area contributed by atoms with Crippen molar-refractivity contribution in [1.82, 2.24) is 14.5 Å². The van der Waals surface area contributed by atoms with Crippen LogP contribution in [0, 0.1) is 5.82 Å². The third-order valence-electron chi connectivity index (χ3n) is 5.83. The lowest BCUT2D eigenvalue weighted by atomic mass is 10.1. The van der Waals surface area contributed by atoms with Crippen molar-refractivity contribution in [2.75, 3.05) is 13.3 Å². The minimum atomic E-state index is -0.227. The predicted octanol–water partition coefficient (Wildman–Crippen LogP) is 6.02. The van der Waals surface area contributed by atoms with E-state index in [1.807, 2.05) is 24.4 Å². The number of hydrogen-bond acceptors (Lipinski definition) is 4. The lowest BCUT2D eigenvalue weighted by Crippen LogP contribution is -2.25. The van der Waals surface area contributed by atoms with Crippen LogP contribution in [0.15, 0.2) is 48.7 Å². The minimum Gasteiger partial charge on any atom is -0.454 e. The Morgan fingerprint density at radius 3 is 2.53 bits per heavy atom. The van der Waals surface area contributed by atoms with Crippen LogP contribution in [0.25, 0.3) is 11.4 Å². The van der Waals surface area contributed by atoms with Crippen LogP contribution in [0.3, 0.4) is 0 Å². The zero-order valence-corrected chi connectivity index (χ0v) is 19.0. The van der Waals surface area contributed by atoms with Crippen LogP contribution in [0.2, 0.25) is 0 Å². The molecule has 5 nitrogen and oxygen atoms in total. The molecule has 0 atom stereocenters. The highest BCUT2D eigenvalue weighted by molar-refractivity contribution is 5.56. The van der Waals surface area contributed by atoms with Gasteiger partial charge < -0.3 is 14.0 Å². The lowest BCUT2D eigenvalue weighted by molar-refractivity contribution is 0.174. The summed E-state index contributed by atoms with van der Waals surface area (Å²) in [7, 11) is 0. The molecule has 0 unspecified atom stereocenters. The molecule has 32 heavy (non-hydrogen) atoms. The molecule has 1 aliphatic rings. The van der Waals surface area contributed by atoms with Crippen molar-refractivity contribution in [3.8, 4) is 22.9 Å². The number of aromatic nitrogens is 2. The van der Waals surface area contributed by atoms with Crippen molar-refractivity contribution in [2.45, 2.75) is 59.2 Å². The Balaban J connectivity index is 1.57. The van der Waals surface area contributed by atoms with Gasteiger partial charge in [-0.1, -0.05) is 32.8 Å². The second-order valence-electron chi connectivity index (χ2n) is 8.34. The molecule has 1 aromatic heterocycles. The molecule has 0 saturated heterocycles. The summed E-state index contributed by atoms with van der Waals surface area (Å²) in [6.07, 6.45) is 6.45. The molecule has 0 N–H and O–H groups in total. The number of unbranched alkanes of at least 4 members (excludes halogenated alkanes) is 2. The number of nitrogens with zero attached hydrogens (tertiary/aromatic N) is 3. The zero-order valence-electron chi connectivity index (χ0n) is 19.0. The SMILES string of the molecule is CCCCN(Cc1ccc2c(c1)OCO2)Cc1cnc(-c2ccc(F)cc2)n1CCCC. The Bertz CT molecular complexity index is 1020. The average molecular weight is 438 g/mol. The number of fused-ring (bicyclic) bond motifs is 1. The van der Waals surface area contributed by atoms with Crippen LogP contribution < -0.4 is 9.47 Å². The number of imidazole rings is 1. The fourth-order valence-electron chi connectivity index (χ4n) is 4.05. The topological polar surface area (TPSA) is 39.5 Å². The number of rotatable bonds is 11. The second-order valence-corrected chi connectivity index (χ2v) is 8.34. The maximum absolute atomic E-state index is 13.4. The van der Waals surface area contributed by atoms with Crippen molar-refractivity contribution in [1.29, 1.82) is 0 Å². The molecule has 170 valence electrons. The van der Waals surface area contributed by atoms with Gasteiger partial charge >= 0.3 is 0 Å². The Morgan fingerprint density at radius 1 is 0.969 bits per heavy atom. The summed E-state index contributed by atoms with van der Waals surface area (Å²) >= 11 is 0. The highest BCUT2D eigenvalue weighted by atomic mass is 19.1. The molecule has 0 radical (unpaired) electrons. The van der Waals surface area contributed by atoms with E-state index in [9.17, 15) is 4.39 Å². The first-order valence-corrected chi connectivity index (χ1v) is 11.6. The number of benzene rings is 2. The normalized spacial score (nSPS) is 12.6. The summed E-state index contributed by atoms with van der Waals surface area (Å²) < 4.78 is 26.8. The van der Waals surface area contributed by atoms with E-state index >= 15 is 0 Å². The van der Waals surface area contributed by atoms with Crippen molar-refractivity contribution in [2.24, 2.45) is 0 Å². The van der Waals surface area contributed by atoms with E-state index < -0.39 is 0 Å². The van der Waals surface area contributed by atoms with Crippen LogP contribution in [-0.2, 0) is 19.6 Å². The molecule has 3 aromatic rings. The van der Waals surface area contributed by atoms with Crippen LogP contribution >= 0.6 is 0 Å². The smallest absolute Gasteiger partial charge is 0.231 e. The monoisotopic (exact) mass is 437 g/mol. The number of halogens is 1. The first-order valence-electron chi connectivity index (χ1n) is 11.6. The van der Waals surface area contributed by atoms with Gasteiger partial charge in [0.15, 0.2) is 11.5 Å². The van der Waals surface area contributed by atoms with Gasteiger partial charge in [0.1, 0.15) is 11.6 Å². The summed E-state index contributed by atoms with van der Waals surface area (Å²) in [5.74, 6) is 2.32. The van der Waals surface area contributed by atoms with E-state index in [0.29, 0.717) is 6.79 Å². The third kappa shape index (κ3) is 5.30. The molecule has 0 bridgehead atoms. The van der Waals surface area contributed by atoms with Crippen molar-refractivity contribution in [3.63, 3.8) is 0 Å². The molecule has 0 fully saturated rings. The molecule has 0 amide bonds. The fraction of sp³-hybridized carbons (Fsp3) is 0.423. The van der Waals surface area contributed by atoms with Crippen LogP contribution in [0.5, 0.6) is 11.5 Å². The molecule has 1 aliphatic heterocycles. The Hall–Kier alpha value is -2.86. The van der Waals surface area contributed by atoms with E-state index in [1.165, 1.54) is 23.4 Å². The van der Waals surface area contributed by atoms with Crippen molar-refractivity contribution in [3.05, 3.63) is 65.7 Å². The average Bonchev–Trinajstić information content (AvgIpc) is 3.43. The highest BCUT2D eigenvalue weighted by Crippen LogP contribution is 2.33. The number of ether oxygens (including phenoxy) is 2. The largest absolute Gasteiger partial charge is 0.454 e. The van der Waals surface area contributed by atoms with Gasteiger partial charge in [-0.25, -0.2) is 9.37 Å². The van der Waals surface area contributed by atoms with E-state index in [1.54, 1.807) is 0 Å². The summed E-state index contributed by atoms with van der Waals surface area (Å²) in [6, 6.07) is 12.8. The van der Waals surface area contributed by atoms with Gasteiger partial charge in [-0.3, -0.25) is 4.90 Å². The zero-order chi connectivity index (χ0) is 22.3. The summed E-state index contributed by atoms with van der Waals surface area (Å²) in [6.45, 7) is 8.27. The molecular weight excluding hydrogens is 405 g/mol. The Morgan fingerprint density at radius 2 is 1.75 bits per heavy atom. The van der Waals surface area contributed by atoms with E-state index in [2.05, 4.69) is 35.4 Å². The summed E-state index contributed by atoms with van der Waals surface area (Å²) in [4.78, 5) is 7.20. The number of hydrogen-bond donors (Lipinski definition) is 0. The minimum absolute atomic E-state index is 0.227. The standard InChI is InChI=1S/C26H32FN3O2/c1-3-5-13-29(17-20-7-12-24-25(15-20)32-19-31-24)18-23-16-28-26(30(23)14-6-4-2)21-8-10-22(27)11-9-21/h7-12,15-16H,3-6,13-14,17-19H2,1-2H3. The van der Waals surface area contributed by atoms with Crippen LogP contribution in [0.1, 0.15) is 50.8 Å². The molecule has 2 aromatic carbocycles. The summed E-state index contributed by atoms with van der Waals surface area (Å²) in [5, 5.41) is 0. The van der Waals surface area contributed by atoms with Crippen molar-refractivity contribution < 1.29 is 13.9 Å². The molecule has 4 rings (SSSR count). The second kappa shape index (κ2) is 10.6. The van der Waals surface area contributed by atoms with Gasteiger partial charge in [-0.2, -0.15) is 0 Å². The lowest BCUT2D eigenvalue weighted by Gasteiger charge is -2.23. The predicted molar refractivity (Wildman–Crippen MR) is 124 cm³/mol. The van der Waals surface area contributed by atoms with Gasteiger partial charge in [0.05, 0.1) is 11.9 Å². The van der Waals surface area contributed by atoms with Gasteiger partial charge in [-0.05, 0) is 61.3 Å². The van der Waals surface area contributed by atoms with Gasteiger partial charge in [0, 0.05) is 25.2 Å². The molecule has 6 heteroatoms. The maximum Gasteiger partial charge on any atom is 0.231 e. The van der Waals surface area contributed by atoms with Crippen LogP contribution in [-0.4, -0.2) is 27.8 Å². The molecule has 0 spiro atoms. The molecule has 2 heterocycles. The van der Waals surface area contributed by atoms with E-state index in [-0.39, 0.29) is 5.82 Å². The molecule has 0 aliphatic carbocycles. The third-order valence-corrected chi connectivity index (χ3v) is 5.83. The van der Waals surface area contributed by atoms with Gasteiger partial charge in [-0.15, -0.1) is 0 Å². The maximum atomic E-state index is 13.4. The first kappa shape index (κ1) is 22.3. The fourth-order valence-corrected chi connectivity index (χ4v) is 4.05. The van der Waals surface area contributed by atoms with E-state index in [0.717, 1.165) is 74.7 Å². The first-order chi connectivity index (χ1) is 15.7.